The molecule has 1 atom stereocenters. The summed E-state index contributed by atoms with van der Waals surface area (Å²) in [5.74, 6) is -0.208. The van der Waals surface area contributed by atoms with E-state index in [1.807, 2.05) is 13.0 Å². The van der Waals surface area contributed by atoms with Crippen LogP contribution in [0, 0.1) is 6.92 Å². The molecule has 1 heterocycles. The average Bonchev–Trinajstić information content (AvgIpc) is 2.66. The van der Waals surface area contributed by atoms with Crippen LogP contribution in [-0.2, 0) is 14.8 Å². The van der Waals surface area contributed by atoms with Crippen LogP contribution in [0.1, 0.15) is 31.2 Å². The number of benzene rings is 2. The molecule has 0 radical (unpaired) electrons. The number of piperidine rings is 1. The highest BCUT2D eigenvalue weighted by atomic mass is 35.5. The molecule has 7 heteroatoms. The summed E-state index contributed by atoms with van der Waals surface area (Å²) in [4.78, 5) is 12.8. The van der Waals surface area contributed by atoms with Crippen LogP contribution in [0.15, 0.2) is 53.4 Å². The summed E-state index contributed by atoms with van der Waals surface area (Å²) in [6.07, 6.45) is 2.51. The van der Waals surface area contributed by atoms with Crippen LogP contribution in [0.4, 0.5) is 5.69 Å². The summed E-state index contributed by atoms with van der Waals surface area (Å²) < 4.78 is 27.5. The van der Waals surface area contributed by atoms with Crippen LogP contribution in [0.2, 0.25) is 5.02 Å². The van der Waals surface area contributed by atoms with Gasteiger partial charge in [0.05, 0.1) is 4.90 Å². The number of nitrogens with one attached hydrogen (secondary N) is 1. The number of hydrogen-bond donors (Lipinski definition) is 1. The van der Waals surface area contributed by atoms with Gasteiger partial charge in [0.2, 0.25) is 15.9 Å². The molecule has 1 amide bonds. The number of carbonyl (C=O) groups excluding carboxylic acids is 1. The Morgan fingerprint density at radius 2 is 1.93 bits per heavy atom. The molecule has 1 aliphatic heterocycles. The van der Waals surface area contributed by atoms with Gasteiger partial charge in [-0.1, -0.05) is 42.3 Å². The molecular formula is C20H23ClN2O3S. The number of anilines is 1. The zero-order valence-electron chi connectivity index (χ0n) is 15.2. The third kappa shape index (κ3) is 4.69. The minimum atomic E-state index is -3.61. The summed E-state index contributed by atoms with van der Waals surface area (Å²) in [6.45, 7) is 2.32. The van der Waals surface area contributed by atoms with E-state index in [9.17, 15) is 13.2 Å². The van der Waals surface area contributed by atoms with Gasteiger partial charge < -0.3 is 5.32 Å². The van der Waals surface area contributed by atoms with Gasteiger partial charge in [-0.25, -0.2) is 8.42 Å². The van der Waals surface area contributed by atoms with Crippen LogP contribution in [0.3, 0.4) is 0 Å². The molecule has 27 heavy (non-hydrogen) atoms. The number of aryl methyl sites for hydroxylation is 1. The SMILES string of the molecule is Cc1ccc(Cl)cc1NC(=O)CC1CCCCN1S(=O)(=O)c1ccccc1. The molecule has 0 spiro atoms. The number of rotatable bonds is 5. The maximum atomic E-state index is 13.0. The maximum Gasteiger partial charge on any atom is 0.243 e. The van der Waals surface area contributed by atoms with Gasteiger partial charge in [-0.15, -0.1) is 0 Å². The van der Waals surface area contributed by atoms with E-state index in [1.165, 1.54) is 4.31 Å². The topological polar surface area (TPSA) is 66.5 Å². The van der Waals surface area contributed by atoms with Crippen LogP contribution >= 0.6 is 11.6 Å². The second-order valence-electron chi connectivity index (χ2n) is 6.79. The Labute approximate surface area is 165 Å². The predicted molar refractivity (Wildman–Crippen MR) is 107 cm³/mol. The number of carbonyl (C=O) groups is 1. The molecule has 0 saturated carbocycles. The number of nitrogens with zero attached hydrogens (tertiary/aromatic N) is 1. The van der Waals surface area contributed by atoms with Crippen molar-refractivity contribution in [2.45, 2.75) is 43.5 Å². The van der Waals surface area contributed by atoms with E-state index >= 15 is 0 Å². The van der Waals surface area contributed by atoms with Crippen molar-refractivity contribution in [2.24, 2.45) is 0 Å². The zero-order chi connectivity index (χ0) is 19.4. The number of hydrogen-bond acceptors (Lipinski definition) is 3. The molecule has 5 nitrogen and oxygen atoms in total. The molecule has 2 aromatic rings. The van der Waals surface area contributed by atoms with Crippen molar-refractivity contribution < 1.29 is 13.2 Å². The van der Waals surface area contributed by atoms with Crippen LogP contribution < -0.4 is 5.32 Å². The Bertz CT molecular complexity index is 916. The Morgan fingerprint density at radius 3 is 2.67 bits per heavy atom. The fraction of sp³-hybridized carbons (Fsp3) is 0.350. The van der Waals surface area contributed by atoms with Crippen molar-refractivity contribution in [3.05, 3.63) is 59.1 Å². The van der Waals surface area contributed by atoms with Gasteiger partial charge >= 0.3 is 0 Å². The van der Waals surface area contributed by atoms with Gasteiger partial charge in [-0.05, 0) is 49.6 Å². The minimum Gasteiger partial charge on any atom is -0.326 e. The fourth-order valence-corrected chi connectivity index (χ4v) is 5.25. The van der Waals surface area contributed by atoms with Crippen LogP contribution in [0.5, 0.6) is 0 Å². The van der Waals surface area contributed by atoms with E-state index in [0.29, 0.717) is 23.7 Å². The summed E-state index contributed by atoms with van der Waals surface area (Å²) in [5.41, 5.74) is 1.56. The summed E-state index contributed by atoms with van der Waals surface area (Å²) >= 11 is 6.00. The summed E-state index contributed by atoms with van der Waals surface area (Å²) in [5, 5.41) is 3.41. The number of amides is 1. The molecule has 1 unspecified atom stereocenters. The van der Waals surface area contributed by atoms with Crippen LogP contribution in [-0.4, -0.2) is 31.2 Å². The highest BCUT2D eigenvalue weighted by Crippen LogP contribution is 2.28. The van der Waals surface area contributed by atoms with Gasteiger partial charge in [-0.3, -0.25) is 4.79 Å². The largest absolute Gasteiger partial charge is 0.326 e. The Balaban J connectivity index is 1.76. The standard InChI is InChI=1S/C20H23ClN2O3S/c1-15-10-11-16(21)13-19(15)22-20(24)14-17-7-5-6-12-23(17)27(25,26)18-8-3-2-4-9-18/h2-4,8-11,13,17H,5-7,12,14H2,1H3,(H,22,24). The molecule has 1 aliphatic rings. The van der Waals surface area contributed by atoms with Crippen molar-refractivity contribution in [1.29, 1.82) is 0 Å². The molecule has 1 N–H and O–H groups in total. The Morgan fingerprint density at radius 1 is 1.19 bits per heavy atom. The first-order chi connectivity index (χ1) is 12.9. The molecule has 1 saturated heterocycles. The first kappa shape index (κ1) is 19.9. The lowest BCUT2D eigenvalue weighted by Gasteiger charge is -2.34. The molecule has 144 valence electrons. The van der Waals surface area contributed by atoms with Crippen molar-refractivity contribution in [3.8, 4) is 0 Å². The minimum absolute atomic E-state index is 0.123. The molecular weight excluding hydrogens is 384 g/mol. The van der Waals surface area contributed by atoms with Crippen molar-refractivity contribution in [1.82, 2.24) is 4.31 Å². The van der Waals surface area contributed by atoms with Gasteiger partial charge in [-0.2, -0.15) is 4.31 Å². The molecule has 2 aromatic carbocycles. The number of halogens is 1. The van der Waals surface area contributed by atoms with Gasteiger partial charge in [0.15, 0.2) is 0 Å². The maximum absolute atomic E-state index is 13.0. The van der Waals surface area contributed by atoms with Crippen LogP contribution in [0.25, 0.3) is 0 Å². The summed E-state index contributed by atoms with van der Waals surface area (Å²) in [7, 11) is -3.61. The lowest BCUT2D eigenvalue weighted by Crippen LogP contribution is -2.45. The first-order valence-corrected chi connectivity index (χ1v) is 10.8. The van der Waals surface area contributed by atoms with E-state index in [1.54, 1.807) is 42.5 Å². The van der Waals surface area contributed by atoms with E-state index < -0.39 is 10.0 Å². The molecule has 0 aromatic heterocycles. The van der Waals surface area contributed by atoms with Gasteiger partial charge in [0, 0.05) is 29.7 Å². The van der Waals surface area contributed by atoms with Crippen molar-refractivity contribution >= 4 is 33.2 Å². The molecule has 3 rings (SSSR count). The van der Waals surface area contributed by atoms with Gasteiger partial charge in [0.1, 0.15) is 0 Å². The highest BCUT2D eigenvalue weighted by Gasteiger charge is 2.34. The predicted octanol–water partition coefficient (Wildman–Crippen LogP) is 4.22. The second kappa shape index (κ2) is 8.42. The fourth-order valence-electron chi connectivity index (χ4n) is 3.37. The molecule has 0 aliphatic carbocycles. The summed E-state index contributed by atoms with van der Waals surface area (Å²) in [6, 6.07) is 13.4. The van der Waals surface area contributed by atoms with Crippen molar-refractivity contribution in [3.63, 3.8) is 0 Å². The number of sulfonamides is 1. The lowest BCUT2D eigenvalue weighted by molar-refractivity contribution is -0.117. The quantitative estimate of drug-likeness (QED) is 0.808. The van der Waals surface area contributed by atoms with E-state index in [0.717, 1.165) is 18.4 Å². The van der Waals surface area contributed by atoms with Crippen molar-refractivity contribution in [2.75, 3.05) is 11.9 Å². The first-order valence-electron chi connectivity index (χ1n) is 9.01. The normalized spacial score (nSPS) is 18.2. The zero-order valence-corrected chi connectivity index (χ0v) is 16.8. The smallest absolute Gasteiger partial charge is 0.243 e. The second-order valence-corrected chi connectivity index (χ2v) is 9.12. The Hall–Kier alpha value is -1.89. The third-order valence-corrected chi connectivity index (χ3v) is 7.02. The third-order valence-electron chi connectivity index (χ3n) is 4.82. The monoisotopic (exact) mass is 406 g/mol. The van der Waals surface area contributed by atoms with Gasteiger partial charge in [0.25, 0.3) is 0 Å². The average molecular weight is 407 g/mol. The Kier molecular flexibility index (Phi) is 6.19. The van der Waals surface area contributed by atoms with E-state index in [2.05, 4.69) is 5.32 Å². The van der Waals surface area contributed by atoms with E-state index in [4.69, 9.17) is 11.6 Å². The lowest BCUT2D eigenvalue weighted by atomic mass is 10.0. The molecule has 0 bridgehead atoms. The molecule has 1 fully saturated rings. The van der Waals surface area contributed by atoms with E-state index in [-0.39, 0.29) is 23.3 Å². The highest BCUT2D eigenvalue weighted by molar-refractivity contribution is 7.89.